The summed E-state index contributed by atoms with van der Waals surface area (Å²) in [7, 11) is 0. The molecule has 1 saturated heterocycles. The fourth-order valence-electron chi connectivity index (χ4n) is 3.98. The van der Waals surface area contributed by atoms with E-state index >= 15 is 0 Å². The molecule has 0 saturated carbocycles. The van der Waals surface area contributed by atoms with Crippen molar-refractivity contribution in [3.8, 4) is 0 Å². The van der Waals surface area contributed by atoms with Crippen LogP contribution in [0.4, 0.5) is 0 Å². The van der Waals surface area contributed by atoms with Crippen LogP contribution < -0.4 is 0 Å². The molecule has 0 atom stereocenters. The van der Waals surface area contributed by atoms with E-state index in [1.165, 1.54) is 110 Å². The molecule has 23 heavy (non-hydrogen) atoms. The molecule has 1 aliphatic heterocycles. The minimum Gasteiger partial charge on any atom is -0.303 e. The van der Waals surface area contributed by atoms with Crippen LogP contribution in [0.3, 0.4) is 0 Å². The Morgan fingerprint density at radius 3 is 1.87 bits per heavy atom. The van der Waals surface area contributed by atoms with Gasteiger partial charge in [0, 0.05) is 6.54 Å². The molecular weight excluding hydrogens is 280 g/mol. The second-order valence-electron chi connectivity index (χ2n) is 7.71. The highest BCUT2D eigenvalue weighted by molar-refractivity contribution is 4.75. The molecule has 1 rings (SSSR count). The molecule has 0 aliphatic carbocycles. The van der Waals surface area contributed by atoms with Crippen molar-refractivity contribution in [2.75, 3.05) is 39.3 Å². The molecule has 0 aromatic carbocycles. The summed E-state index contributed by atoms with van der Waals surface area (Å²) in [6.45, 7) is 14.9. The standard InChI is InChI=1S/C21H44N2/c1-4-7-8-9-10-11-12-17-22-18-13-21(14-19-22)20-23(15-5-2)16-6-3/h21H,4-20H2,1-3H3. The Hall–Kier alpha value is -0.0800. The predicted molar refractivity (Wildman–Crippen MR) is 104 cm³/mol. The largest absolute Gasteiger partial charge is 0.303 e. The fourth-order valence-corrected chi connectivity index (χ4v) is 3.98. The van der Waals surface area contributed by atoms with E-state index in [2.05, 4.69) is 30.6 Å². The van der Waals surface area contributed by atoms with Crippen LogP contribution in [0.1, 0.15) is 91.4 Å². The van der Waals surface area contributed by atoms with Crippen molar-refractivity contribution in [3.05, 3.63) is 0 Å². The summed E-state index contributed by atoms with van der Waals surface area (Å²) in [5.74, 6) is 0.957. The van der Waals surface area contributed by atoms with Gasteiger partial charge in [-0.05, 0) is 70.7 Å². The normalized spacial score (nSPS) is 17.2. The lowest BCUT2D eigenvalue weighted by Crippen LogP contribution is -2.39. The van der Waals surface area contributed by atoms with E-state index in [9.17, 15) is 0 Å². The molecule has 0 bridgehead atoms. The van der Waals surface area contributed by atoms with Crippen molar-refractivity contribution >= 4 is 0 Å². The Bertz CT molecular complexity index is 240. The highest BCUT2D eigenvalue weighted by Gasteiger charge is 2.20. The van der Waals surface area contributed by atoms with Crippen LogP contribution in [0.2, 0.25) is 0 Å². The molecular formula is C21H44N2. The second-order valence-corrected chi connectivity index (χ2v) is 7.71. The van der Waals surface area contributed by atoms with Crippen molar-refractivity contribution in [1.82, 2.24) is 9.80 Å². The molecule has 0 unspecified atom stereocenters. The van der Waals surface area contributed by atoms with Crippen molar-refractivity contribution in [2.24, 2.45) is 5.92 Å². The van der Waals surface area contributed by atoms with E-state index < -0.39 is 0 Å². The maximum Gasteiger partial charge on any atom is 0.00106 e. The zero-order valence-corrected chi connectivity index (χ0v) is 16.5. The minimum absolute atomic E-state index is 0.957. The van der Waals surface area contributed by atoms with E-state index in [-0.39, 0.29) is 0 Å². The van der Waals surface area contributed by atoms with Crippen LogP contribution in [-0.4, -0.2) is 49.1 Å². The van der Waals surface area contributed by atoms with Gasteiger partial charge in [0.15, 0.2) is 0 Å². The topological polar surface area (TPSA) is 6.48 Å². The van der Waals surface area contributed by atoms with Gasteiger partial charge in [-0.15, -0.1) is 0 Å². The zero-order chi connectivity index (χ0) is 16.8. The second kappa shape index (κ2) is 14.3. The van der Waals surface area contributed by atoms with Gasteiger partial charge in [-0.2, -0.15) is 0 Å². The monoisotopic (exact) mass is 324 g/mol. The van der Waals surface area contributed by atoms with Gasteiger partial charge in [0.05, 0.1) is 0 Å². The van der Waals surface area contributed by atoms with Gasteiger partial charge in [-0.1, -0.05) is 59.3 Å². The number of hydrogen-bond acceptors (Lipinski definition) is 2. The quantitative estimate of drug-likeness (QED) is 0.385. The summed E-state index contributed by atoms with van der Waals surface area (Å²) >= 11 is 0. The summed E-state index contributed by atoms with van der Waals surface area (Å²) in [5.41, 5.74) is 0. The Labute approximate surface area is 147 Å². The van der Waals surface area contributed by atoms with E-state index in [0.717, 1.165) is 5.92 Å². The predicted octanol–water partition coefficient (Wildman–Crippen LogP) is 5.57. The average Bonchev–Trinajstić information content (AvgIpc) is 2.56. The van der Waals surface area contributed by atoms with Gasteiger partial charge in [-0.25, -0.2) is 0 Å². The molecule has 0 spiro atoms. The number of hydrogen-bond donors (Lipinski definition) is 0. The SMILES string of the molecule is CCCCCCCCCN1CCC(CN(CCC)CCC)CC1. The van der Waals surface area contributed by atoms with Gasteiger partial charge in [0.25, 0.3) is 0 Å². The van der Waals surface area contributed by atoms with Crippen LogP contribution in [0.25, 0.3) is 0 Å². The first-order valence-electron chi connectivity index (χ1n) is 10.7. The summed E-state index contributed by atoms with van der Waals surface area (Å²) in [4.78, 5) is 5.43. The molecule has 1 aliphatic rings. The highest BCUT2D eigenvalue weighted by atomic mass is 15.1. The molecule has 2 nitrogen and oxygen atoms in total. The van der Waals surface area contributed by atoms with Gasteiger partial charge in [0.1, 0.15) is 0 Å². The molecule has 2 heteroatoms. The van der Waals surface area contributed by atoms with Crippen LogP contribution in [-0.2, 0) is 0 Å². The zero-order valence-electron chi connectivity index (χ0n) is 16.5. The minimum atomic E-state index is 0.957. The Morgan fingerprint density at radius 2 is 1.30 bits per heavy atom. The number of piperidine rings is 1. The summed E-state index contributed by atoms with van der Waals surface area (Å²) in [6, 6.07) is 0. The van der Waals surface area contributed by atoms with Crippen LogP contribution in [0.15, 0.2) is 0 Å². The average molecular weight is 325 g/mol. The molecule has 138 valence electrons. The summed E-state index contributed by atoms with van der Waals surface area (Å²) in [6.07, 6.45) is 15.5. The number of likely N-dealkylation sites (tertiary alicyclic amines) is 1. The first-order valence-corrected chi connectivity index (χ1v) is 10.7. The maximum absolute atomic E-state index is 2.73. The van der Waals surface area contributed by atoms with Gasteiger partial charge >= 0.3 is 0 Å². The Kier molecular flexibility index (Phi) is 13.0. The highest BCUT2D eigenvalue weighted by Crippen LogP contribution is 2.19. The van der Waals surface area contributed by atoms with Crippen LogP contribution >= 0.6 is 0 Å². The van der Waals surface area contributed by atoms with Crippen molar-refractivity contribution in [1.29, 1.82) is 0 Å². The lowest BCUT2D eigenvalue weighted by Gasteiger charge is -2.35. The lowest BCUT2D eigenvalue weighted by molar-refractivity contribution is 0.141. The van der Waals surface area contributed by atoms with E-state index in [4.69, 9.17) is 0 Å². The fraction of sp³-hybridized carbons (Fsp3) is 1.00. The lowest BCUT2D eigenvalue weighted by atomic mass is 9.95. The number of rotatable bonds is 14. The third-order valence-electron chi connectivity index (χ3n) is 5.38. The van der Waals surface area contributed by atoms with Crippen molar-refractivity contribution < 1.29 is 0 Å². The first kappa shape index (κ1) is 21.0. The van der Waals surface area contributed by atoms with Gasteiger partial charge in [-0.3, -0.25) is 0 Å². The molecule has 1 fully saturated rings. The van der Waals surface area contributed by atoms with Crippen molar-refractivity contribution in [3.63, 3.8) is 0 Å². The Balaban J connectivity index is 2.03. The molecule has 0 radical (unpaired) electrons. The van der Waals surface area contributed by atoms with Crippen LogP contribution in [0.5, 0.6) is 0 Å². The van der Waals surface area contributed by atoms with Crippen LogP contribution in [0, 0.1) is 5.92 Å². The van der Waals surface area contributed by atoms with Crippen molar-refractivity contribution in [2.45, 2.75) is 91.4 Å². The molecule has 1 heterocycles. The smallest absolute Gasteiger partial charge is 0.00106 e. The maximum atomic E-state index is 2.73. The molecule has 0 aromatic rings. The molecule has 0 amide bonds. The van der Waals surface area contributed by atoms with E-state index in [1.807, 2.05) is 0 Å². The van der Waals surface area contributed by atoms with E-state index in [1.54, 1.807) is 0 Å². The van der Waals surface area contributed by atoms with Gasteiger partial charge < -0.3 is 9.80 Å². The summed E-state index contributed by atoms with van der Waals surface area (Å²) in [5, 5.41) is 0. The summed E-state index contributed by atoms with van der Waals surface area (Å²) < 4.78 is 0. The third-order valence-corrected chi connectivity index (χ3v) is 5.38. The first-order chi connectivity index (χ1) is 11.3. The molecule has 0 aromatic heterocycles. The molecule has 0 N–H and O–H groups in total. The number of nitrogens with zero attached hydrogens (tertiary/aromatic N) is 2. The van der Waals surface area contributed by atoms with Gasteiger partial charge in [0.2, 0.25) is 0 Å². The Morgan fingerprint density at radius 1 is 0.739 bits per heavy atom. The third kappa shape index (κ3) is 10.4. The van der Waals surface area contributed by atoms with E-state index in [0.29, 0.717) is 0 Å². The number of unbranched alkanes of at least 4 members (excludes halogenated alkanes) is 6.